The van der Waals surface area contributed by atoms with Crippen molar-refractivity contribution in [1.29, 1.82) is 0 Å². The zero-order valence-electron chi connectivity index (χ0n) is 10.3. The molecule has 112 valence electrons. The van der Waals surface area contributed by atoms with Gasteiger partial charge in [-0.2, -0.15) is 0 Å². The number of hydrogen-bond acceptors (Lipinski definition) is 2. The Morgan fingerprint density at radius 1 is 1.35 bits per heavy atom. The molecule has 1 N–H and O–H groups in total. The van der Waals surface area contributed by atoms with Gasteiger partial charge in [0.15, 0.2) is 11.6 Å². The van der Waals surface area contributed by atoms with E-state index in [0.29, 0.717) is 0 Å². The molecular weight excluding hydrogens is 287 g/mol. The minimum Gasteiger partial charge on any atom is -0.478 e. The summed E-state index contributed by atoms with van der Waals surface area (Å²) in [5, 5.41) is 8.59. The number of aliphatic carboxylic acids is 1. The summed E-state index contributed by atoms with van der Waals surface area (Å²) in [6, 6.07) is 0.491. The van der Waals surface area contributed by atoms with Crippen LogP contribution in [0.1, 0.15) is 18.9 Å². The van der Waals surface area contributed by atoms with Crippen molar-refractivity contribution in [3.63, 3.8) is 0 Å². The second-order valence-corrected chi connectivity index (χ2v) is 3.92. The molecule has 0 aromatic heterocycles. The molecule has 3 nitrogen and oxygen atoms in total. The summed E-state index contributed by atoms with van der Waals surface area (Å²) in [4.78, 5) is 10.6. The minimum atomic E-state index is -3.57. The Morgan fingerprint density at radius 3 is 2.35 bits per heavy atom. The predicted molar refractivity (Wildman–Crippen MR) is 58.6 cm³/mol. The highest BCUT2D eigenvalue weighted by Gasteiger charge is 2.35. The van der Waals surface area contributed by atoms with Crippen LogP contribution in [0.2, 0.25) is 0 Å². The summed E-state index contributed by atoms with van der Waals surface area (Å²) in [6.45, 7) is -0.416. The molecule has 1 aromatic carbocycles. The lowest BCUT2D eigenvalue weighted by atomic mass is 10.0. The molecule has 1 atom stereocenters. The van der Waals surface area contributed by atoms with Crippen molar-refractivity contribution in [2.24, 2.45) is 0 Å². The normalized spacial score (nSPS) is 13.1. The van der Waals surface area contributed by atoms with Crippen molar-refractivity contribution in [3.05, 3.63) is 29.3 Å². The molecule has 0 saturated carbocycles. The fraction of sp³-hybridized carbons (Fsp3) is 0.417. The molecule has 0 amide bonds. The number of carbonyl (C=O) groups is 1. The van der Waals surface area contributed by atoms with Crippen molar-refractivity contribution >= 4 is 5.97 Å². The van der Waals surface area contributed by atoms with E-state index in [1.807, 2.05) is 0 Å². The SMILES string of the molecule is CCC(F)(F)c1cc(F)c(F)cc1OC(CF)C(=O)O. The zero-order valence-corrected chi connectivity index (χ0v) is 10.3. The van der Waals surface area contributed by atoms with Crippen molar-refractivity contribution in [2.75, 3.05) is 6.67 Å². The average Bonchev–Trinajstić information content (AvgIpc) is 2.38. The lowest BCUT2D eigenvalue weighted by Crippen LogP contribution is -2.30. The van der Waals surface area contributed by atoms with Crippen LogP contribution in [-0.4, -0.2) is 23.9 Å². The van der Waals surface area contributed by atoms with E-state index in [0.717, 1.165) is 6.92 Å². The Hall–Kier alpha value is -1.86. The largest absolute Gasteiger partial charge is 0.478 e. The van der Waals surface area contributed by atoms with Crippen LogP contribution >= 0.6 is 0 Å². The van der Waals surface area contributed by atoms with Crippen molar-refractivity contribution < 1.29 is 36.6 Å². The van der Waals surface area contributed by atoms with E-state index < -0.39 is 54.0 Å². The number of halogens is 5. The molecule has 20 heavy (non-hydrogen) atoms. The minimum absolute atomic E-state index is 0.214. The summed E-state index contributed by atoms with van der Waals surface area (Å²) in [5.74, 6) is -9.25. The number of hydrogen-bond donors (Lipinski definition) is 1. The zero-order chi connectivity index (χ0) is 15.5. The first-order chi connectivity index (χ1) is 9.22. The molecule has 0 heterocycles. The van der Waals surface area contributed by atoms with Crippen LogP contribution in [0.3, 0.4) is 0 Å². The van der Waals surface area contributed by atoms with Gasteiger partial charge in [-0.15, -0.1) is 0 Å². The Balaban J connectivity index is 3.30. The van der Waals surface area contributed by atoms with Gasteiger partial charge in [-0.25, -0.2) is 26.7 Å². The van der Waals surface area contributed by atoms with Gasteiger partial charge in [-0.05, 0) is 6.07 Å². The van der Waals surface area contributed by atoms with E-state index >= 15 is 0 Å². The smallest absolute Gasteiger partial charge is 0.347 e. The number of alkyl halides is 3. The van der Waals surface area contributed by atoms with E-state index in [1.54, 1.807) is 0 Å². The summed E-state index contributed by atoms with van der Waals surface area (Å²) in [5.41, 5.74) is -1.03. The summed E-state index contributed by atoms with van der Waals surface area (Å²) in [7, 11) is 0. The third-order valence-corrected chi connectivity index (χ3v) is 2.55. The van der Waals surface area contributed by atoms with Gasteiger partial charge in [0.05, 0.1) is 5.56 Å². The molecule has 0 aliphatic heterocycles. The highest BCUT2D eigenvalue weighted by molar-refractivity contribution is 5.73. The topological polar surface area (TPSA) is 46.5 Å². The van der Waals surface area contributed by atoms with Crippen molar-refractivity contribution in [1.82, 2.24) is 0 Å². The maximum Gasteiger partial charge on any atom is 0.347 e. The van der Waals surface area contributed by atoms with Gasteiger partial charge < -0.3 is 9.84 Å². The second kappa shape index (κ2) is 6.06. The van der Waals surface area contributed by atoms with Crippen LogP contribution in [0.4, 0.5) is 22.0 Å². The lowest BCUT2D eigenvalue weighted by Gasteiger charge is -2.21. The quantitative estimate of drug-likeness (QED) is 0.820. The van der Waals surface area contributed by atoms with Crippen LogP contribution in [-0.2, 0) is 10.7 Å². The maximum atomic E-state index is 13.6. The fourth-order valence-electron chi connectivity index (χ4n) is 1.40. The van der Waals surface area contributed by atoms with Crippen LogP contribution < -0.4 is 4.74 Å². The van der Waals surface area contributed by atoms with E-state index in [2.05, 4.69) is 4.74 Å². The molecule has 0 bridgehead atoms. The van der Waals surface area contributed by atoms with Crippen LogP contribution in [0, 0.1) is 11.6 Å². The molecule has 0 radical (unpaired) electrons. The second-order valence-electron chi connectivity index (χ2n) is 3.92. The predicted octanol–water partition coefficient (Wildman–Crippen LogP) is 3.27. The van der Waals surface area contributed by atoms with Gasteiger partial charge in [0.1, 0.15) is 12.4 Å². The van der Waals surface area contributed by atoms with E-state index in [9.17, 15) is 26.7 Å². The molecule has 0 aliphatic carbocycles. The number of benzene rings is 1. The Kier molecular flexibility index (Phi) is 4.91. The van der Waals surface area contributed by atoms with Gasteiger partial charge in [0.25, 0.3) is 5.92 Å². The van der Waals surface area contributed by atoms with Crippen LogP contribution in [0.5, 0.6) is 5.75 Å². The molecule has 0 fully saturated rings. The first-order valence-corrected chi connectivity index (χ1v) is 5.55. The third-order valence-electron chi connectivity index (χ3n) is 2.55. The first-order valence-electron chi connectivity index (χ1n) is 5.55. The molecule has 1 unspecified atom stereocenters. The van der Waals surface area contributed by atoms with Gasteiger partial charge in [0.2, 0.25) is 6.10 Å². The van der Waals surface area contributed by atoms with Gasteiger partial charge in [-0.1, -0.05) is 6.92 Å². The number of rotatable bonds is 6. The van der Waals surface area contributed by atoms with Gasteiger partial charge in [0, 0.05) is 12.5 Å². The molecule has 0 saturated heterocycles. The Bertz CT molecular complexity index is 504. The van der Waals surface area contributed by atoms with Crippen molar-refractivity contribution in [2.45, 2.75) is 25.4 Å². The Labute approximate surface area is 111 Å². The van der Waals surface area contributed by atoms with E-state index in [1.165, 1.54) is 0 Å². The monoisotopic (exact) mass is 298 g/mol. The summed E-state index contributed by atoms with van der Waals surface area (Å²) < 4.78 is 70.3. The maximum absolute atomic E-state index is 13.6. The third kappa shape index (κ3) is 3.37. The highest BCUT2D eigenvalue weighted by atomic mass is 19.3. The van der Waals surface area contributed by atoms with E-state index in [-0.39, 0.29) is 12.1 Å². The van der Waals surface area contributed by atoms with Gasteiger partial charge >= 0.3 is 5.97 Å². The molecule has 0 aliphatic rings. The van der Waals surface area contributed by atoms with Crippen molar-refractivity contribution in [3.8, 4) is 5.75 Å². The summed E-state index contributed by atoms with van der Waals surface area (Å²) >= 11 is 0. The lowest BCUT2D eigenvalue weighted by molar-refractivity contribution is -0.146. The summed E-state index contributed by atoms with van der Waals surface area (Å²) in [6.07, 6.45) is -2.83. The molecule has 1 rings (SSSR count). The number of ether oxygens (including phenoxy) is 1. The number of carboxylic acid groups (broad SMARTS) is 1. The standard InChI is InChI=1S/C12H11F5O3/c1-2-12(16,17)6-3-7(14)8(15)4-9(6)20-10(5-13)11(18)19/h3-4,10H,2,5H2,1H3,(H,18,19). The number of carboxylic acids is 1. The highest BCUT2D eigenvalue weighted by Crippen LogP contribution is 2.39. The Morgan fingerprint density at radius 2 is 1.90 bits per heavy atom. The first kappa shape index (κ1) is 16.2. The molecule has 0 spiro atoms. The molecule has 1 aromatic rings. The van der Waals surface area contributed by atoms with Crippen LogP contribution in [0.15, 0.2) is 12.1 Å². The fourth-order valence-corrected chi connectivity index (χ4v) is 1.40. The van der Waals surface area contributed by atoms with Gasteiger partial charge in [-0.3, -0.25) is 0 Å². The molecule has 8 heteroatoms. The average molecular weight is 298 g/mol. The van der Waals surface area contributed by atoms with Crippen LogP contribution in [0.25, 0.3) is 0 Å². The molecular formula is C12H11F5O3. The van der Waals surface area contributed by atoms with E-state index in [4.69, 9.17) is 5.11 Å².